The summed E-state index contributed by atoms with van der Waals surface area (Å²) in [6, 6.07) is 26.7. The van der Waals surface area contributed by atoms with Gasteiger partial charge in [0.15, 0.2) is 24.0 Å². The fraction of sp³-hybridized carbons (Fsp3) is 0.0938. The highest BCUT2D eigenvalue weighted by molar-refractivity contribution is 5.97. The molecule has 2 aromatic carbocycles. The molecule has 0 amide bonds. The zero-order valence-corrected chi connectivity index (χ0v) is 24.8. The second kappa shape index (κ2) is 15.1. The van der Waals surface area contributed by atoms with Crippen LogP contribution < -0.4 is 20.9 Å². The van der Waals surface area contributed by atoms with E-state index in [1.54, 1.807) is 6.20 Å². The quantitative estimate of drug-likeness (QED) is 0.259. The van der Waals surface area contributed by atoms with E-state index < -0.39 is 24.3 Å². The summed E-state index contributed by atoms with van der Waals surface area (Å²) in [4.78, 5) is 35.1. The summed E-state index contributed by atoms with van der Waals surface area (Å²) in [6.07, 6.45) is -4.92. The number of aliphatic carboxylic acids is 2. The molecule has 5 N–H and O–H groups in total. The lowest BCUT2D eigenvalue weighted by Gasteiger charge is -2.13. The Morgan fingerprint density at radius 1 is 0.755 bits per heavy atom. The lowest BCUT2D eigenvalue weighted by molar-refractivity contribution is -0.386. The molecule has 0 atom stereocenters. The smallest absolute Gasteiger partial charge is 0.430 e. The molecule has 17 heteroatoms. The number of alkyl halides is 6. The van der Waals surface area contributed by atoms with Crippen molar-refractivity contribution in [2.75, 3.05) is 0 Å². The predicted octanol–water partition coefficient (Wildman–Crippen LogP) is 2.57. The molecule has 6 rings (SSSR count). The summed E-state index contributed by atoms with van der Waals surface area (Å²) in [6.45, 7) is 0.756. The molecule has 0 fully saturated rings. The average molecular weight is 684 g/mol. The molecule has 0 spiro atoms. The van der Waals surface area contributed by atoms with E-state index in [2.05, 4.69) is 68.4 Å². The van der Waals surface area contributed by atoms with E-state index in [9.17, 15) is 26.3 Å². The molecule has 0 radical (unpaired) electrons. The van der Waals surface area contributed by atoms with E-state index in [0.29, 0.717) is 17.3 Å². The van der Waals surface area contributed by atoms with Crippen LogP contribution in [0.2, 0.25) is 0 Å². The van der Waals surface area contributed by atoms with Crippen LogP contribution in [0, 0.1) is 0 Å². The van der Waals surface area contributed by atoms with Gasteiger partial charge in [0.25, 0.3) is 0 Å². The summed E-state index contributed by atoms with van der Waals surface area (Å²) in [5.41, 5.74) is 11.8. The molecule has 11 nitrogen and oxygen atoms in total. The second-order valence-corrected chi connectivity index (χ2v) is 9.79. The van der Waals surface area contributed by atoms with Gasteiger partial charge in [-0.15, -0.1) is 0 Å². The molecule has 0 aliphatic heterocycles. The Bertz CT molecular complexity index is 2010. The Labute approximate surface area is 272 Å². The summed E-state index contributed by atoms with van der Waals surface area (Å²) in [5.74, 6) is -4.79. The van der Waals surface area contributed by atoms with Crippen molar-refractivity contribution in [3.8, 4) is 45.3 Å². The highest BCUT2D eigenvalue weighted by atomic mass is 19.4. The van der Waals surface area contributed by atoms with E-state index >= 15 is 0 Å². The molecular formula is C32H23F6N7O4. The maximum atomic E-state index is 10.5. The minimum absolute atomic E-state index is 0.604. The number of benzene rings is 2. The molecule has 49 heavy (non-hydrogen) atoms. The topological polar surface area (TPSA) is 189 Å². The van der Waals surface area contributed by atoms with Crippen LogP contribution in [-0.4, -0.2) is 49.4 Å². The van der Waals surface area contributed by atoms with Crippen LogP contribution in [0.15, 0.2) is 97.5 Å². The van der Waals surface area contributed by atoms with Crippen LogP contribution in [-0.2, 0) is 16.1 Å². The number of carbonyl (C=O) groups is 2. The summed E-state index contributed by atoms with van der Waals surface area (Å²) in [5, 5.41) is 26.0. The number of carbonyl (C=O) groups excluding carboxylic acids is 2. The minimum Gasteiger partial charge on any atom is -0.542 e. The van der Waals surface area contributed by atoms with Crippen LogP contribution in [0.4, 0.5) is 26.3 Å². The number of halogens is 6. The van der Waals surface area contributed by atoms with Crippen molar-refractivity contribution in [2.24, 2.45) is 0 Å². The molecule has 6 aromatic rings. The number of pyridine rings is 3. The summed E-state index contributed by atoms with van der Waals surface area (Å²) < 4.78 is 63.1. The second-order valence-electron chi connectivity index (χ2n) is 9.79. The maximum Gasteiger partial charge on any atom is 0.430 e. The molecular weight excluding hydrogens is 660 g/mol. The van der Waals surface area contributed by atoms with E-state index in [4.69, 9.17) is 29.8 Å². The molecule has 252 valence electrons. The number of rotatable bonds is 5. The van der Waals surface area contributed by atoms with E-state index in [-0.39, 0.29) is 0 Å². The SMILES string of the molecule is O=C([O-])C(F)(F)F.O=C([O-])C(F)(F)F.[NH3+]Cc1ccc(-c2nc3ccnc(-c4nc(-c5cc[nH+]cc5)n[nH]4)c3cc2-c2ccccc2)cc1. The molecule has 4 aromatic heterocycles. The molecule has 0 saturated carbocycles. The van der Waals surface area contributed by atoms with Crippen LogP contribution in [0.25, 0.3) is 56.2 Å². The van der Waals surface area contributed by atoms with Crippen LogP contribution in [0.3, 0.4) is 0 Å². The largest absolute Gasteiger partial charge is 0.542 e. The van der Waals surface area contributed by atoms with Gasteiger partial charge in [0.1, 0.15) is 17.6 Å². The molecule has 0 aliphatic carbocycles. The average Bonchev–Trinajstić information content (AvgIpc) is 3.58. The monoisotopic (exact) mass is 683 g/mol. The minimum atomic E-state index is -5.19. The number of nitrogens with zero attached hydrogens (tertiary/aromatic N) is 4. The molecule has 0 bridgehead atoms. The fourth-order valence-electron chi connectivity index (χ4n) is 4.20. The van der Waals surface area contributed by atoms with Crippen molar-refractivity contribution in [3.63, 3.8) is 0 Å². The first-order valence-electron chi connectivity index (χ1n) is 13.9. The van der Waals surface area contributed by atoms with Gasteiger partial charge in [-0.25, -0.2) is 15.0 Å². The standard InChI is InChI=1S/C28H21N7.2C2HF3O2/c29-17-18-6-8-20(9-7-18)25-22(19-4-2-1-3-5-19)16-23-24(32-25)12-15-31-26(23)28-33-27(34-35-28)21-10-13-30-14-11-21;2*3-2(4,5)1(6)7/h1-16H,17,29H2,(H,33,34,35);2*(H,6,7). The van der Waals surface area contributed by atoms with Crippen molar-refractivity contribution in [3.05, 3.63) is 103 Å². The third-order valence-corrected chi connectivity index (χ3v) is 6.49. The molecule has 0 saturated heterocycles. The number of hydrogen-bond acceptors (Lipinski definition) is 8. The Morgan fingerprint density at radius 3 is 1.90 bits per heavy atom. The van der Waals surface area contributed by atoms with Crippen LogP contribution in [0.5, 0.6) is 0 Å². The summed E-state index contributed by atoms with van der Waals surface area (Å²) in [7, 11) is 0. The van der Waals surface area contributed by atoms with Gasteiger partial charge >= 0.3 is 12.4 Å². The van der Waals surface area contributed by atoms with Crippen molar-refractivity contribution < 1.29 is 56.9 Å². The number of aromatic nitrogens is 6. The molecule has 4 heterocycles. The van der Waals surface area contributed by atoms with Crippen molar-refractivity contribution >= 4 is 22.8 Å². The zero-order valence-electron chi connectivity index (χ0n) is 24.8. The number of H-pyrrole nitrogens is 2. The highest BCUT2D eigenvalue weighted by Crippen LogP contribution is 2.36. The fourth-order valence-corrected chi connectivity index (χ4v) is 4.20. The van der Waals surface area contributed by atoms with E-state index in [1.165, 1.54) is 5.56 Å². The van der Waals surface area contributed by atoms with Crippen molar-refractivity contribution in [2.45, 2.75) is 18.9 Å². The van der Waals surface area contributed by atoms with Gasteiger partial charge in [-0.2, -0.15) is 31.4 Å². The highest BCUT2D eigenvalue weighted by Gasteiger charge is 2.29. The third kappa shape index (κ3) is 9.19. The third-order valence-electron chi connectivity index (χ3n) is 6.49. The van der Waals surface area contributed by atoms with E-state index in [1.807, 2.05) is 48.8 Å². The first kappa shape index (κ1) is 35.6. The number of nitrogens with one attached hydrogen (secondary N) is 2. The maximum absolute atomic E-state index is 10.5. The number of carboxylic acids is 2. The molecule has 0 aliphatic rings. The van der Waals surface area contributed by atoms with Gasteiger partial charge in [0.2, 0.25) is 0 Å². The van der Waals surface area contributed by atoms with Gasteiger partial charge in [-0.3, -0.25) is 10.1 Å². The number of carboxylic acid groups (broad SMARTS) is 2. The number of fused-ring (bicyclic) bond motifs is 1. The Balaban J connectivity index is 0.000000327. The van der Waals surface area contributed by atoms with Gasteiger partial charge < -0.3 is 25.5 Å². The molecule has 0 unspecified atom stereocenters. The zero-order chi connectivity index (χ0) is 35.8. The normalized spacial score (nSPS) is 11.2. The summed E-state index contributed by atoms with van der Waals surface area (Å²) >= 11 is 0. The lowest BCUT2D eigenvalue weighted by atomic mass is 9.96. The Kier molecular flexibility index (Phi) is 11.0. The Hall–Kier alpha value is -6.23. The number of quaternary nitrogens is 1. The van der Waals surface area contributed by atoms with Gasteiger partial charge in [0.05, 0.1) is 17.8 Å². The first-order valence-corrected chi connectivity index (χ1v) is 13.9. The Morgan fingerprint density at radius 2 is 1.35 bits per heavy atom. The van der Waals surface area contributed by atoms with Crippen LogP contribution >= 0.6 is 0 Å². The number of hydrogen-bond donors (Lipinski definition) is 2. The van der Waals surface area contributed by atoms with Crippen molar-refractivity contribution in [1.29, 1.82) is 0 Å². The van der Waals surface area contributed by atoms with Gasteiger partial charge in [0, 0.05) is 46.0 Å². The van der Waals surface area contributed by atoms with Crippen molar-refractivity contribution in [1.82, 2.24) is 25.1 Å². The van der Waals surface area contributed by atoms with Gasteiger partial charge in [-0.1, -0.05) is 54.6 Å². The van der Waals surface area contributed by atoms with E-state index in [0.717, 1.165) is 45.4 Å². The first-order chi connectivity index (χ1) is 23.2. The predicted molar refractivity (Wildman–Crippen MR) is 156 cm³/mol. The van der Waals surface area contributed by atoms with Gasteiger partial charge in [-0.05, 0) is 17.7 Å². The number of aromatic amines is 2. The van der Waals surface area contributed by atoms with Crippen LogP contribution in [0.1, 0.15) is 5.56 Å². The lowest BCUT2D eigenvalue weighted by Crippen LogP contribution is -2.47.